The smallest absolute Gasteiger partial charge is 0.318 e. The zero-order valence-corrected chi connectivity index (χ0v) is 16.0. The van der Waals surface area contributed by atoms with Gasteiger partial charge in [0.1, 0.15) is 11.1 Å². The SMILES string of the molecule is COC(=O)[C@@H](C)Sc1nc(NC(C)=O)c(NC(=O)c2ccc(F)cc2)c(=O)[nH]1. The number of hydrogen-bond donors (Lipinski definition) is 3. The van der Waals surface area contributed by atoms with Crippen molar-refractivity contribution < 1.29 is 23.5 Å². The Bertz CT molecular complexity index is 961. The molecule has 9 nitrogen and oxygen atoms in total. The van der Waals surface area contributed by atoms with E-state index in [-0.39, 0.29) is 22.2 Å². The molecular formula is C17H17FN4O5S. The van der Waals surface area contributed by atoms with E-state index in [1.807, 2.05) is 0 Å². The van der Waals surface area contributed by atoms with Gasteiger partial charge >= 0.3 is 5.97 Å². The highest BCUT2D eigenvalue weighted by molar-refractivity contribution is 8.00. The summed E-state index contributed by atoms with van der Waals surface area (Å²) in [6.45, 7) is 2.76. The maximum absolute atomic E-state index is 13.0. The summed E-state index contributed by atoms with van der Waals surface area (Å²) in [5.74, 6) is -2.45. The molecule has 28 heavy (non-hydrogen) atoms. The lowest BCUT2D eigenvalue weighted by molar-refractivity contribution is -0.139. The molecule has 3 N–H and O–H groups in total. The molecule has 0 saturated heterocycles. The third kappa shape index (κ3) is 5.39. The molecule has 0 aliphatic heterocycles. The second-order valence-corrected chi connectivity index (χ2v) is 6.85. The van der Waals surface area contributed by atoms with Crippen molar-refractivity contribution in [2.24, 2.45) is 0 Å². The van der Waals surface area contributed by atoms with Crippen LogP contribution in [0.15, 0.2) is 34.2 Å². The van der Waals surface area contributed by atoms with Gasteiger partial charge in [-0.1, -0.05) is 11.8 Å². The molecule has 1 aromatic carbocycles. The largest absolute Gasteiger partial charge is 0.468 e. The Labute approximate surface area is 163 Å². The number of anilines is 2. The third-order valence-corrected chi connectivity index (χ3v) is 4.32. The Morgan fingerprint density at radius 1 is 1.21 bits per heavy atom. The van der Waals surface area contributed by atoms with E-state index >= 15 is 0 Å². The highest BCUT2D eigenvalue weighted by Gasteiger charge is 2.20. The molecule has 0 radical (unpaired) electrons. The Balaban J connectivity index is 2.35. The molecule has 0 aliphatic carbocycles. The average molecular weight is 408 g/mol. The number of nitrogens with one attached hydrogen (secondary N) is 3. The number of aromatic amines is 1. The maximum Gasteiger partial charge on any atom is 0.318 e. The van der Waals surface area contributed by atoms with Crippen LogP contribution in [0.4, 0.5) is 15.9 Å². The predicted octanol–water partition coefficient (Wildman–Crippen LogP) is 1.77. The van der Waals surface area contributed by atoms with Gasteiger partial charge in [0, 0.05) is 12.5 Å². The van der Waals surface area contributed by atoms with Gasteiger partial charge in [-0.2, -0.15) is 0 Å². The lowest BCUT2D eigenvalue weighted by atomic mass is 10.2. The van der Waals surface area contributed by atoms with Crippen LogP contribution in [0, 0.1) is 5.82 Å². The van der Waals surface area contributed by atoms with Gasteiger partial charge in [0.25, 0.3) is 11.5 Å². The Morgan fingerprint density at radius 3 is 2.43 bits per heavy atom. The van der Waals surface area contributed by atoms with Crippen LogP contribution in [0.5, 0.6) is 0 Å². The molecule has 0 aliphatic rings. The van der Waals surface area contributed by atoms with Gasteiger partial charge in [0.05, 0.1) is 7.11 Å². The number of nitrogens with zero attached hydrogens (tertiary/aromatic N) is 1. The zero-order valence-electron chi connectivity index (χ0n) is 15.2. The lowest BCUT2D eigenvalue weighted by Gasteiger charge is -2.13. The highest BCUT2D eigenvalue weighted by atomic mass is 32.2. The molecule has 0 bridgehead atoms. The number of carbonyl (C=O) groups is 3. The van der Waals surface area contributed by atoms with Crippen LogP contribution in [0.3, 0.4) is 0 Å². The van der Waals surface area contributed by atoms with Crippen molar-refractivity contribution in [3.05, 3.63) is 46.0 Å². The molecule has 1 atom stereocenters. The first-order chi connectivity index (χ1) is 13.2. The zero-order chi connectivity index (χ0) is 20.8. The fourth-order valence-electron chi connectivity index (χ4n) is 2.05. The van der Waals surface area contributed by atoms with Crippen LogP contribution in [-0.4, -0.2) is 40.1 Å². The molecule has 2 amide bonds. The van der Waals surface area contributed by atoms with E-state index < -0.39 is 34.4 Å². The number of thioether (sulfide) groups is 1. The number of hydrogen-bond acceptors (Lipinski definition) is 7. The quantitative estimate of drug-likeness (QED) is 0.377. The van der Waals surface area contributed by atoms with E-state index in [1.54, 1.807) is 6.92 Å². The molecule has 0 unspecified atom stereocenters. The van der Waals surface area contributed by atoms with Gasteiger partial charge in [0.15, 0.2) is 16.7 Å². The third-order valence-electron chi connectivity index (χ3n) is 3.36. The Kier molecular flexibility index (Phi) is 6.88. The molecule has 148 valence electrons. The minimum absolute atomic E-state index is 0.0476. The maximum atomic E-state index is 13.0. The monoisotopic (exact) mass is 408 g/mol. The number of methoxy groups -OCH3 is 1. The predicted molar refractivity (Wildman–Crippen MR) is 101 cm³/mol. The molecule has 11 heteroatoms. The second kappa shape index (κ2) is 9.13. The van der Waals surface area contributed by atoms with Crippen molar-refractivity contribution in [3.63, 3.8) is 0 Å². The number of benzene rings is 1. The first-order valence-electron chi connectivity index (χ1n) is 7.94. The fraction of sp³-hybridized carbons (Fsp3) is 0.235. The van der Waals surface area contributed by atoms with Crippen LogP contribution >= 0.6 is 11.8 Å². The molecular weight excluding hydrogens is 391 g/mol. The molecule has 2 aromatic rings. The molecule has 0 saturated carbocycles. The number of amides is 2. The van der Waals surface area contributed by atoms with Crippen molar-refractivity contribution in [1.29, 1.82) is 0 Å². The van der Waals surface area contributed by atoms with Crippen molar-refractivity contribution in [2.45, 2.75) is 24.3 Å². The summed E-state index contributed by atoms with van der Waals surface area (Å²) in [5, 5.41) is 4.09. The molecule has 1 aromatic heterocycles. The van der Waals surface area contributed by atoms with E-state index in [0.29, 0.717) is 0 Å². The standard InChI is InChI=1S/C17H17FN4O5S/c1-8(16(26)27-3)28-17-21-13(19-9(2)23)12(15(25)22-17)20-14(24)10-4-6-11(18)7-5-10/h4-8H,1-3H3,(H,20,24)(H2,19,21,22,23,25)/t8-/m1/s1. The van der Waals surface area contributed by atoms with Crippen LogP contribution in [0.25, 0.3) is 0 Å². The first kappa shape index (κ1) is 21.1. The van der Waals surface area contributed by atoms with Gasteiger partial charge in [-0.3, -0.25) is 24.2 Å². The molecule has 1 heterocycles. The van der Waals surface area contributed by atoms with Gasteiger partial charge in [-0.15, -0.1) is 0 Å². The number of ether oxygens (including phenoxy) is 1. The molecule has 0 fully saturated rings. The number of halogens is 1. The van der Waals surface area contributed by atoms with Crippen molar-refractivity contribution in [3.8, 4) is 0 Å². The van der Waals surface area contributed by atoms with Gasteiger partial charge < -0.3 is 15.4 Å². The fourth-order valence-corrected chi connectivity index (χ4v) is 2.87. The highest BCUT2D eigenvalue weighted by Crippen LogP contribution is 2.23. The summed E-state index contributed by atoms with van der Waals surface area (Å²) >= 11 is 0.910. The number of aromatic nitrogens is 2. The molecule has 0 spiro atoms. The average Bonchev–Trinajstić information content (AvgIpc) is 2.63. The molecule has 2 rings (SSSR count). The van der Waals surface area contributed by atoms with E-state index in [4.69, 9.17) is 0 Å². The van der Waals surface area contributed by atoms with Crippen LogP contribution in [0.2, 0.25) is 0 Å². The summed E-state index contributed by atoms with van der Waals surface area (Å²) in [6.07, 6.45) is 0. The number of rotatable bonds is 6. The Morgan fingerprint density at radius 2 is 1.86 bits per heavy atom. The van der Waals surface area contributed by atoms with Gasteiger partial charge in [0.2, 0.25) is 5.91 Å². The summed E-state index contributed by atoms with van der Waals surface area (Å²) in [5.41, 5.74) is -0.930. The normalized spacial score (nSPS) is 11.4. The topological polar surface area (TPSA) is 130 Å². The summed E-state index contributed by atoms with van der Waals surface area (Å²) in [6, 6.07) is 4.68. The number of esters is 1. The number of carbonyl (C=O) groups excluding carboxylic acids is 3. The van der Waals surface area contributed by atoms with Gasteiger partial charge in [-0.25, -0.2) is 9.37 Å². The van der Waals surface area contributed by atoms with Crippen molar-refractivity contribution >= 4 is 41.1 Å². The summed E-state index contributed by atoms with van der Waals surface area (Å²) < 4.78 is 17.6. The van der Waals surface area contributed by atoms with Crippen LogP contribution in [-0.2, 0) is 14.3 Å². The van der Waals surface area contributed by atoms with Crippen LogP contribution < -0.4 is 16.2 Å². The van der Waals surface area contributed by atoms with Crippen molar-refractivity contribution in [2.75, 3.05) is 17.7 Å². The number of H-pyrrole nitrogens is 1. The van der Waals surface area contributed by atoms with E-state index in [9.17, 15) is 23.6 Å². The first-order valence-corrected chi connectivity index (χ1v) is 8.82. The minimum Gasteiger partial charge on any atom is -0.468 e. The summed E-state index contributed by atoms with van der Waals surface area (Å²) in [4.78, 5) is 54.3. The second-order valence-electron chi connectivity index (χ2n) is 5.52. The Hall–Kier alpha value is -3.21. The van der Waals surface area contributed by atoms with Crippen molar-refractivity contribution in [1.82, 2.24) is 9.97 Å². The van der Waals surface area contributed by atoms with Crippen LogP contribution in [0.1, 0.15) is 24.2 Å². The lowest BCUT2D eigenvalue weighted by Crippen LogP contribution is -2.25. The van der Waals surface area contributed by atoms with E-state index in [1.165, 1.54) is 26.2 Å². The van der Waals surface area contributed by atoms with E-state index in [0.717, 1.165) is 23.9 Å². The summed E-state index contributed by atoms with van der Waals surface area (Å²) in [7, 11) is 1.23. The van der Waals surface area contributed by atoms with Gasteiger partial charge in [-0.05, 0) is 31.2 Å². The minimum atomic E-state index is -0.742. The van der Waals surface area contributed by atoms with E-state index in [2.05, 4.69) is 25.3 Å².